The van der Waals surface area contributed by atoms with E-state index in [9.17, 15) is 9.90 Å². The molecular weight excluding hydrogens is 352 g/mol. The zero-order valence-electron chi connectivity index (χ0n) is 15.4. The van der Waals surface area contributed by atoms with E-state index in [0.29, 0.717) is 5.75 Å². The second-order valence-electron chi connectivity index (χ2n) is 7.86. The lowest BCUT2D eigenvalue weighted by atomic mass is 9.87. The summed E-state index contributed by atoms with van der Waals surface area (Å²) in [6.07, 6.45) is 4.81. The molecule has 0 radical (unpaired) electrons. The van der Waals surface area contributed by atoms with Gasteiger partial charge in [-0.2, -0.15) is 0 Å². The minimum Gasteiger partial charge on any atom is -0.508 e. The molecule has 6 heteroatoms. The average Bonchev–Trinajstić information content (AvgIpc) is 3.39. The number of morpholine rings is 1. The molecule has 1 amide bonds. The van der Waals surface area contributed by atoms with E-state index >= 15 is 0 Å². The van der Waals surface area contributed by atoms with Gasteiger partial charge in [-0.05, 0) is 56.7 Å². The monoisotopic (exact) mass is 380 g/mol. The van der Waals surface area contributed by atoms with E-state index in [-0.39, 0.29) is 23.9 Å². The summed E-state index contributed by atoms with van der Waals surface area (Å²) in [7, 11) is 0. The Bertz CT molecular complexity index is 637. The predicted molar refractivity (Wildman–Crippen MR) is 103 cm³/mol. The summed E-state index contributed by atoms with van der Waals surface area (Å²) in [5.41, 5.74) is 0.657. The molecule has 2 spiro atoms. The number of carbonyl (C=O) groups excluding carboxylic acids is 1. The van der Waals surface area contributed by atoms with Gasteiger partial charge in [-0.3, -0.25) is 4.79 Å². The third kappa shape index (κ3) is 3.71. The van der Waals surface area contributed by atoms with Crippen LogP contribution in [0, 0.1) is 0 Å². The van der Waals surface area contributed by atoms with Crippen LogP contribution in [-0.2, 0) is 16.0 Å². The van der Waals surface area contributed by atoms with Crippen LogP contribution in [0.3, 0.4) is 0 Å². The quantitative estimate of drug-likeness (QED) is 0.872. The highest BCUT2D eigenvalue weighted by Gasteiger charge is 2.61. The van der Waals surface area contributed by atoms with Gasteiger partial charge < -0.3 is 19.6 Å². The first-order valence-electron chi connectivity index (χ1n) is 9.54. The van der Waals surface area contributed by atoms with Crippen molar-refractivity contribution in [1.29, 1.82) is 0 Å². The molecule has 0 atom stereocenters. The van der Waals surface area contributed by atoms with Gasteiger partial charge in [-0.15, -0.1) is 12.4 Å². The van der Waals surface area contributed by atoms with Gasteiger partial charge in [0.05, 0.1) is 5.60 Å². The molecule has 1 N–H and O–H groups in total. The average molecular weight is 381 g/mol. The highest BCUT2D eigenvalue weighted by Crippen LogP contribution is 2.49. The molecule has 4 rings (SSSR count). The maximum absolute atomic E-state index is 12.5. The summed E-state index contributed by atoms with van der Waals surface area (Å²) in [5.74, 6) is 0.539. The number of likely N-dealkylation sites (N-methyl/N-ethyl adjacent to an activating group) is 1. The number of phenolic OH excluding ortho intramolecular Hbond substituents is 1. The van der Waals surface area contributed by atoms with E-state index in [1.165, 1.54) is 5.56 Å². The molecular formula is C20H29ClN2O3. The zero-order valence-corrected chi connectivity index (χ0v) is 16.3. The van der Waals surface area contributed by atoms with Gasteiger partial charge in [0.25, 0.3) is 5.91 Å². The van der Waals surface area contributed by atoms with Gasteiger partial charge in [0, 0.05) is 32.7 Å². The fraction of sp³-hybridized carbons (Fsp3) is 0.650. The molecule has 5 nitrogen and oxygen atoms in total. The second kappa shape index (κ2) is 7.37. The molecule has 1 aromatic carbocycles. The zero-order chi connectivity index (χ0) is 17.5. The van der Waals surface area contributed by atoms with Gasteiger partial charge in [0.15, 0.2) is 0 Å². The van der Waals surface area contributed by atoms with Gasteiger partial charge in [-0.25, -0.2) is 0 Å². The third-order valence-electron chi connectivity index (χ3n) is 6.07. The van der Waals surface area contributed by atoms with Crippen LogP contribution in [0.25, 0.3) is 0 Å². The van der Waals surface area contributed by atoms with Crippen molar-refractivity contribution < 1.29 is 14.6 Å². The molecule has 3 fully saturated rings. The van der Waals surface area contributed by atoms with Crippen molar-refractivity contribution in [3.63, 3.8) is 0 Å². The van der Waals surface area contributed by atoms with Crippen LogP contribution in [-0.4, -0.2) is 64.7 Å². The lowest BCUT2D eigenvalue weighted by Crippen LogP contribution is -2.62. The molecule has 2 heterocycles. The molecule has 2 saturated heterocycles. The van der Waals surface area contributed by atoms with Crippen LogP contribution in [0.1, 0.15) is 38.2 Å². The van der Waals surface area contributed by atoms with Crippen molar-refractivity contribution in [1.82, 2.24) is 9.80 Å². The Labute approximate surface area is 161 Å². The van der Waals surface area contributed by atoms with E-state index in [1.807, 2.05) is 17.0 Å². The minimum atomic E-state index is -0.470. The summed E-state index contributed by atoms with van der Waals surface area (Å²) in [5, 5.41) is 9.37. The SMILES string of the molecule is CCN1CC2(CCN(CCc3ccc(O)cc3)CC2)OC2(CC2)C1=O.Cl. The van der Waals surface area contributed by atoms with Crippen LogP contribution in [0.5, 0.6) is 5.75 Å². The van der Waals surface area contributed by atoms with E-state index in [2.05, 4.69) is 11.8 Å². The summed E-state index contributed by atoms with van der Waals surface area (Å²) >= 11 is 0. The van der Waals surface area contributed by atoms with Crippen molar-refractivity contribution in [2.45, 2.75) is 50.2 Å². The number of ether oxygens (including phenoxy) is 1. The third-order valence-corrected chi connectivity index (χ3v) is 6.07. The molecule has 3 aliphatic rings. The number of phenols is 1. The molecule has 2 aliphatic heterocycles. The summed E-state index contributed by atoms with van der Waals surface area (Å²) in [4.78, 5) is 17.0. The minimum absolute atomic E-state index is 0. The summed E-state index contributed by atoms with van der Waals surface area (Å²) in [6, 6.07) is 7.49. The predicted octanol–water partition coefficient (Wildman–Crippen LogP) is 2.60. The fourth-order valence-corrected chi connectivity index (χ4v) is 4.28. The first-order valence-corrected chi connectivity index (χ1v) is 9.54. The van der Waals surface area contributed by atoms with Crippen molar-refractivity contribution in [3.05, 3.63) is 29.8 Å². The second-order valence-corrected chi connectivity index (χ2v) is 7.86. The lowest BCUT2D eigenvalue weighted by Gasteiger charge is -2.50. The van der Waals surface area contributed by atoms with Crippen LogP contribution in [0.4, 0.5) is 0 Å². The molecule has 144 valence electrons. The Hall–Kier alpha value is -1.30. The van der Waals surface area contributed by atoms with Gasteiger partial charge in [-0.1, -0.05) is 12.1 Å². The standard InChI is InChI=1S/C20H28N2O3.ClH/c1-2-22-15-19(25-20(8-9-20)18(22)24)10-13-21(14-11-19)12-7-16-3-5-17(23)6-4-16;/h3-6,23H,2,7-15H2,1H3;1H. The summed E-state index contributed by atoms with van der Waals surface area (Å²) < 4.78 is 6.44. The Balaban J connectivity index is 0.00000196. The number of likely N-dealkylation sites (tertiary alicyclic amines) is 1. The van der Waals surface area contributed by atoms with Crippen LogP contribution in [0.15, 0.2) is 24.3 Å². The molecule has 0 bridgehead atoms. The maximum atomic E-state index is 12.5. The molecule has 1 saturated carbocycles. The Morgan fingerprint density at radius 1 is 1.12 bits per heavy atom. The highest BCUT2D eigenvalue weighted by molar-refractivity contribution is 5.89. The molecule has 0 unspecified atom stereocenters. The number of hydrogen-bond donors (Lipinski definition) is 1. The number of benzene rings is 1. The van der Waals surface area contributed by atoms with Gasteiger partial charge >= 0.3 is 0 Å². The number of rotatable bonds is 4. The largest absolute Gasteiger partial charge is 0.508 e. The Morgan fingerprint density at radius 3 is 2.35 bits per heavy atom. The van der Waals surface area contributed by atoms with Gasteiger partial charge in [0.1, 0.15) is 11.4 Å². The summed E-state index contributed by atoms with van der Waals surface area (Å²) in [6.45, 7) is 6.70. The van der Waals surface area contributed by atoms with Crippen molar-refractivity contribution in [2.24, 2.45) is 0 Å². The van der Waals surface area contributed by atoms with Crippen LogP contribution >= 0.6 is 12.4 Å². The van der Waals surface area contributed by atoms with Crippen molar-refractivity contribution in [3.8, 4) is 5.75 Å². The molecule has 0 aromatic heterocycles. The topological polar surface area (TPSA) is 53.0 Å². The van der Waals surface area contributed by atoms with E-state index in [0.717, 1.165) is 64.8 Å². The fourth-order valence-electron chi connectivity index (χ4n) is 4.28. The normalized spacial score (nSPS) is 23.9. The highest BCUT2D eigenvalue weighted by atomic mass is 35.5. The Kier molecular flexibility index (Phi) is 5.52. The van der Waals surface area contributed by atoms with Crippen LogP contribution < -0.4 is 0 Å². The number of nitrogens with zero attached hydrogens (tertiary/aromatic N) is 2. The number of hydrogen-bond acceptors (Lipinski definition) is 4. The van der Waals surface area contributed by atoms with Crippen molar-refractivity contribution in [2.75, 3.05) is 32.7 Å². The molecule has 1 aromatic rings. The van der Waals surface area contributed by atoms with Crippen LogP contribution in [0.2, 0.25) is 0 Å². The van der Waals surface area contributed by atoms with Crippen molar-refractivity contribution >= 4 is 18.3 Å². The number of amides is 1. The lowest BCUT2D eigenvalue weighted by molar-refractivity contribution is -0.200. The number of piperidine rings is 1. The first-order chi connectivity index (χ1) is 12.0. The van der Waals surface area contributed by atoms with Gasteiger partial charge in [0.2, 0.25) is 0 Å². The first kappa shape index (κ1) is 19.5. The Morgan fingerprint density at radius 2 is 1.77 bits per heavy atom. The maximum Gasteiger partial charge on any atom is 0.254 e. The van der Waals surface area contributed by atoms with E-state index < -0.39 is 5.60 Å². The molecule has 1 aliphatic carbocycles. The smallest absolute Gasteiger partial charge is 0.254 e. The van der Waals surface area contributed by atoms with E-state index in [1.54, 1.807) is 12.1 Å². The number of aromatic hydroxyl groups is 1. The number of halogens is 1. The number of carbonyl (C=O) groups is 1. The molecule has 26 heavy (non-hydrogen) atoms. The van der Waals surface area contributed by atoms with E-state index in [4.69, 9.17) is 4.74 Å².